The van der Waals surface area contributed by atoms with Gasteiger partial charge in [0.15, 0.2) is 0 Å². The highest BCUT2D eigenvalue weighted by atomic mass is 16.5. The lowest BCUT2D eigenvalue weighted by Gasteiger charge is -2.29. The van der Waals surface area contributed by atoms with Crippen molar-refractivity contribution in [2.24, 2.45) is 11.7 Å². The Bertz CT molecular complexity index is 180. The molecule has 2 fully saturated rings. The monoisotopic (exact) mass is 213 g/mol. The maximum Gasteiger partial charge on any atom is 0.0590 e. The summed E-state index contributed by atoms with van der Waals surface area (Å²) in [6.45, 7) is 2.75. The van der Waals surface area contributed by atoms with E-state index in [9.17, 15) is 0 Å². The van der Waals surface area contributed by atoms with Gasteiger partial charge < -0.3 is 15.2 Å². The van der Waals surface area contributed by atoms with Gasteiger partial charge in [0.1, 0.15) is 0 Å². The lowest BCUT2D eigenvalue weighted by molar-refractivity contribution is -0.0252. The fourth-order valence-corrected chi connectivity index (χ4v) is 2.52. The zero-order valence-corrected chi connectivity index (χ0v) is 9.49. The first kappa shape index (κ1) is 11.4. The smallest absolute Gasteiger partial charge is 0.0590 e. The van der Waals surface area contributed by atoms with Gasteiger partial charge in [-0.3, -0.25) is 0 Å². The Morgan fingerprint density at radius 2 is 1.93 bits per heavy atom. The molecule has 2 aliphatic rings. The molecule has 88 valence electrons. The van der Waals surface area contributed by atoms with Crippen LogP contribution in [0.5, 0.6) is 0 Å². The van der Waals surface area contributed by atoms with E-state index in [2.05, 4.69) is 0 Å². The molecule has 1 aliphatic carbocycles. The van der Waals surface area contributed by atoms with Crippen molar-refractivity contribution in [3.8, 4) is 0 Å². The summed E-state index contributed by atoms with van der Waals surface area (Å²) in [4.78, 5) is 0. The number of rotatable bonds is 3. The van der Waals surface area contributed by atoms with Crippen LogP contribution >= 0.6 is 0 Å². The average molecular weight is 213 g/mol. The Kier molecular flexibility index (Phi) is 4.42. The number of nitrogens with two attached hydrogens (primary N) is 1. The largest absolute Gasteiger partial charge is 0.381 e. The van der Waals surface area contributed by atoms with Crippen LogP contribution in [0.4, 0.5) is 0 Å². The van der Waals surface area contributed by atoms with E-state index in [4.69, 9.17) is 15.2 Å². The molecule has 15 heavy (non-hydrogen) atoms. The van der Waals surface area contributed by atoms with E-state index < -0.39 is 0 Å². The topological polar surface area (TPSA) is 44.5 Å². The molecule has 0 radical (unpaired) electrons. The summed E-state index contributed by atoms with van der Waals surface area (Å²) in [6.07, 6.45) is 7.44. The Hall–Kier alpha value is -0.120. The van der Waals surface area contributed by atoms with Crippen molar-refractivity contribution in [3.63, 3.8) is 0 Å². The molecule has 1 aliphatic heterocycles. The van der Waals surface area contributed by atoms with Gasteiger partial charge in [-0.15, -0.1) is 0 Å². The van der Waals surface area contributed by atoms with Gasteiger partial charge in [-0.1, -0.05) is 0 Å². The van der Waals surface area contributed by atoms with Crippen LogP contribution in [0, 0.1) is 5.92 Å². The molecule has 2 unspecified atom stereocenters. The minimum Gasteiger partial charge on any atom is -0.381 e. The summed E-state index contributed by atoms with van der Waals surface area (Å²) in [5.41, 5.74) is 5.93. The third-order valence-corrected chi connectivity index (χ3v) is 3.58. The maximum absolute atomic E-state index is 5.96. The first-order valence-electron chi connectivity index (χ1n) is 6.29. The highest BCUT2D eigenvalue weighted by Crippen LogP contribution is 2.22. The van der Waals surface area contributed by atoms with Gasteiger partial charge in [0.05, 0.1) is 6.10 Å². The first-order chi connectivity index (χ1) is 7.34. The van der Waals surface area contributed by atoms with Crippen molar-refractivity contribution in [2.45, 2.75) is 50.7 Å². The molecule has 0 spiro atoms. The van der Waals surface area contributed by atoms with E-state index in [0.29, 0.717) is 12.1 Å². The molecule has 0 bridgehead atoms. The van der Waals surface area contributed by atoms with Crippen LogP contribution < -0.4 is 5.73 Å². The molecular formula is C12H23NO2. The third kappa shape index (κ3) is 3.74. The minimum absolute atomic E-state index is 0.374. The minimum atomic E-state index is 0.374. The third-order valence-electron chi connectivity index (χ3n) is 3.58. The van der Waals surface area contributed by atoms with Gasteiger partial charge in [-0.05, 0) is 44.4 Å². The molecule has 0 aromatic heterocycles. The molecule has 3 heteroatoms. The summed E-state index contributed by atoms with van der Waals surface area (Å²) < 4.78 is 11.3. The van der Waals surface area contributed by atoms with Crippen molar-refractivity contribution in [1.29, 1.82) is 0 Å². The summed E-state index contributed by atoms with van der Waals surface area (Å²) in [5.74, 6) is 0.719. The second-order valence-corrected chi connectivity index (χ2v) is 4.94. The molecule has 0 aromatic rings. The van der Waals surface area contributed by atoms with Crippen LogP contribution in [0.25, 0.3) is 0 Å². The van der Waals surface area contributed by atoms with Crippen molar-refractivity contribution >= 4 is 0 Å². The summed E-state index contributed by atoms with van der Waals surface area (Å²) in [7, 11) is 0. The number of ether oxygens (including phenoxy) is 2. The van der Waals surface area contributed by atoms with E-state index in [-0.39, 0.29) is 0 Å². The molecule has 2 N–H and O–H groups in total. The fourth-order valence-electron chi connectivity index (χ4n) is 2.52. The lowest BCUT2D eigenvalue weighted by atomic mass is 9.93. The van der Waals surface area contributed by atoms with E-state index in [1.807, 2.05) is 0 Å². The molecular weight excluding hydrogens is 190 g/mol. The highest BCUT2D eigenvalue weighted by molar-refractivity contribution is 4.76. The second-order valence-electron chi connectivity index (χ2n) is 4.94. The van der Waals surface area contributed by atoms with Gasteiger partial charge in [-0.2, -0.15) is 0 Å². The highest BCUT2D eigenvalue weighted by Gasteiger charge is 2.21. The first-order valence-corrected chi connectivity index (χ1v) is 6.29. The van der Waals surface area contributed by atoms with Gasteiger partial charge in [0.2, 0.25) is 0 Å². The summed E-state index contributed by atoms with van der Waals surface area (Å²) in [6, 6.07) is 0.374. The van der Waals surface area contributed by atoms with Crippen LogP contribution in [-0.4, -0.2) is 32.0 Å². The Labute approximate surface area is 92.3 Å². The molecule has 0 aromatic carbocycles. The van der Waals surface area contributed by atoms with E-state index in [1.165, 1.54) is 32.1 Å². The van der Waals surface area contributed by atoms with Crippen molar-refractivity contribution in [3.05, 3.63) is 0 Å². The second kappa shape index (κ2) is 5.83. The van der Waals surface area contributed by atoms with E-state index >= 15 is 0 Å². The fraction of sp³-hybridized carbons (Fsp3) is 1.00. The van der Waals surface area contributed by atoms with Crippen LogP contribution in [0.15, 0.2) is 0 Å². The molecule has 2 rings (SSSR count). The molecule has 1 saturated heterocycles. The Morgan fingerprint density at radius 1 is 1.13 bits per heavy atom. The van der Waals surface area contributed by atoms with Gasteiger partial charge in [-0.25, -0.2) is 0 Å². The van der Waals surface area contributed by atoms with E-state index in [0.717, 1.165) is 32.2 Å². The van der Waals surface area contributed by atoms with Crippen LogP contribution in [-0.2, 0) is 9.47 Å². The predicted octanol–water partition coefficient (Wildman–Crippen LogP) is 1.70. The van der Waals surface area contributed by atoms with Crippen molar-refractivity contribution in [1.82, 2.24) is 0 Å². The average Bonchev–Trinajstić information content (AvgIpc) is 2.28. The maximum atomic E-state index is 5.96. The number of hydrogen-bond donors (Lipinski definition) is 1. The van der Waals surface area contributed by atoms with Crippen LogP contribution in [0.1, 0.15) is 38.5 Å². The standard InChI is InChI=1S/C12H23NO2/c13-11-2-1-3-12(8-11)15-9-10-4-6-14-7-5-10/h10-12H,1-9,13H2. The predicted molar refractivity (Wildman–Crippen MR) is 59.7 cm³/mol. The zero-order chi connectivity index (χ0) is 10.5. The number of hydrogen-bond acceptors (Lipinski definition) is 3. The molecule has 3 nitrogen and oxygen atoms in total. The molecule has 0 amide bonds. The van der Waals surface area contributed by atoms with Crippen LogP contribution in [0.2, 0.25) is 0 Å². The van der Waals surface area contributed by atoms with E-state index in [1.54, 1.807) is 0 Å². The van der Waals surface area contributed by atoms with Crippen molar-refractivity contribution in [2.75, 3.05) is 19.8 Å². The SMILES string of the molecule is NC1CCCC(OCC2CCOCC2)C1. The molecule has 1 heterocycles. The van der Waals surface area contributed by atoms with Gasteiger partial charge in [0.25, 0.3) is 0 Å². The summed E-state index contributed by atoms with van der Waals surface area (Å²) >= 11 is 0. The van der Waals surface area contributed by atoms with Gasteiger partial charge in [0, 0.05) is 25.9 Å². The van der Waals surface area contributed by atoms with Crippen molar-refractivity contribution < 1.29 is 9.47 Å². The Morgan fingerprint density at radius 3 is 2.67 bits per heavy atom. The quantitative estimate of drug-likeness (QED) is 0.776. The molecule has 2 atom stereocenters. The normalized spacial score (nSPS) is 34.2. The van der Waals surface area contributed by atoms with Gasteiger partial charge >= 0.3 is 0 Å². The molecule has 1 saturated carbocycles. The summed E-state index contributed by atoms with van der Waals surface area (Å²) in [5, 5.41) is 0. The lowest BCUT2D eigenvalue weighted by Crippen LogP contribution is -2.33. The zero-order valence-electron chi connectivity index (χ0n) is 9.49. The van der Waals surface area contributed by atoms with Crippen LogP contribution in [0.3, 0.4) is 0 Å². The Balaban J connectivity index is 1.63.